The molecule has 0 radical (unpaired) electrons. The third kappa shape index (κ3) is 2.48. The molecule has 92 valence electrons. The fourth-order valence-corrected chi connectivity index (χ4v) is 1.51. The molecule has 0 saturated carbocycles. The third-order valence-corrected chi connectivity index (χ3v) is 2.34. The number of halogens is 1. The Kier molecular flexibility index (Phi) is 3.57. The first-order valence-electron chi connectivity index (χ1n) is 5.32. The summed E-state index contributed by atoms with van der Waals surface area (Å²) >= 11 is 0. The molecule has 0 amide bonds. The fourth-order valence-electron chi connectivity index (χ4n) is 1.51. The minimum absolute atomic E-state index is 0.132. The number of rotatable bonds is 3. The molecule has 4 heteroatoms. The molecule has 0 N–H and O–H groups in total. The highest BCUT2D eigenvalue weighted by molar-refractivity contribution is 5.92. The number of esters is 1. The molecule has 2 rings (SSSR count). The molecular weight excluding hydrogens is 235 g/mol. The van der Waals surface area contributed by atoms with Gasteiger partial charge in [-0.1, -0.05) is 24.3 Å². The summed E-state index contributed by atoms with van der Waals surface area (Å²) < 4.78 is 23.6. The lowest BCUT2D eigenvalue weighted by atomic mass is 10.2. The fraction of sp³-hybridized carbons (Fsp3) is 0.0714. The van der Waals surface area contributed by atoms with Crippen LogP contribution in [0.25, 0.3) is 0 Å². The van der Waals surface area contributed by atoms with Crippen LogP contribution in [0.15, 0.2) is 48.5 Å². The molecule has 3 nitrogen and oxygen atoms in total. The third-order valence-electron chi connectivity index (χ3n) is 2.34. The van der Waals surface area contributed by atoms with Crippen molar-refractivity contribution in [2.45, 2.75) is 0 Å². The highest BCUT2D eigenvalue weighted by Gasteiger charge is 2.18. The maximum absolute atomic E-state index is 13.6. The Bertz CT molecular complexity index is 552. The topological polar surface area (TPSA) is 35.5 Å². The zero-order chi connectivity index (χ0) is 13.0. The molecule has 0 fully saturated rings. The zero-order valence-electron chi connectivity index (χ0n) is 9.72. The number of ether oxygens (including phenoxy) is 2. The van der Waals surface area contributed by atoms with Crippen LogP contribution in [0, 0.1) is 5.82 Å². The van der Waals surface area contributed by atoms with Gasteiger partial charge in [-0.05, 0) is 24.3 Å². The molecule has 0 heterocycles. The summed E-state index contributed by atoms with van der Waals surface area (Å²) in [7, 11) is 1.20. The van der Waals surface area contributed by atoms with Crippen LogP contribution in [0.1, 0.15) is 10.4 Å². The van der Waals surface area contributed by atoms with Crippen molar-refractivity contribution in [1.29, 1.82) is 0 Å². The molecule has 2 aromatic carbocycles. The number of methoxy groups -OCH3 is 1. The van der Waals surface area contributed by atoms with Crippen LogP contribution < -0.4 is 4.74 Å². The quantitative estimate of drug-likeness (QED) is 0.778. The Morgan fingerprint density at radius 3 is 2.44 bits per heavy atom. The number of para-hydroxylation sites is 1. The van der Waals surface area contributed by atoms with E-state index >= 15 is 0 Å². The van der Waals surface area contributed by atoms with Crippen LogP contribution in [0.2, 0.25) is 0 Å². The monoisotopic (exact) mass is 246 g/mol. The molecule has 0 atom stereocenters. The number of carbonyl (C=O) groups is 1. The lowest BCUT2D eigenvalue weighted by Gasteiger charge is -2.10. The van der Waals surface area contributed by atoms with E-state index in [0.29, 0.717) is 5.75 Å². The van der Waals surface area contributed by atoms with E-state index in [-0.39, 0.29) is 11.3 Å². The van der Waals surface area contributed by atoms with Gasteiger partial charge in [0.15, 0.2) is 0 Å². The summed E-state index contributed by atoms with van der Waals surface area (Å²) in [6, 6.07) is 13.0. The lowest BCUT2D eigenvalue weighted by molar-refractivity contribution is 0.0592. The van der Waals surface area contributed by atoms with Crippen molar-refractivity contribution in [1.82, 2.24) is 0 Å². The van der Waals surface area contributed by atoms with Gasteiger partial charge in [0.25, 0.3) is 0 Å². The molecular formula is C14H11FO3. The number of carbonyl (C=O) groups excluding carboxylic acids is 1. The Labute approximate surface area is 104 Å². The Morgan fingerprint density at radius 1 is 1.06 bits per heavy atom. The van der Waals surface area contributed by atoms with Gasteiger partial charge in [-0.25, -0.2) is 9.18 Å². The van der Waals surface area contributed by atoms with Crippen molar-refractivity contribution in [3.8, 4) is 11.5 Å². The summed E-state index contributed by atoms with van der Waals surface area (Å²) in [4.78, 5) is 11.5. The largest absolute Gasteiger partial charge is 0.465 e. The second kappa shape index (κ2) is 5.31. The summed E-state index contributed by atoms with van der Waals surface area (Å²) in [6.07, 6.45) is 0. The van der Waals surface area contributed by atoms with Crippen LogP contribution in [-0.2, 0) is 4.74 Å². The molecule has 18 heavy (non-hydrogen) atoms. The van der Waals surface area contributed by atoms with Crippen molar-refractivity contribution >= 4 is 5.97 Å². The zero-order valence-corrected chi connectivity index (χ0v) is 9.72. The molecule has 0 aromatic heterocycles. The van der Waals surface area contributed by atoms with Gasteiger partial charge in [-0.3, -0.25) is 0 Å². The Balaban J connectivity index is 2.39. The first kappa shape index (κ1) is 12.1. The van der Waals surface area contributed by atoms with Gasteiger partial charge in [-0.2, -0.15) is 0 Å². The molecule has 0 aliphatic heterocycles. The smallest absolute Gasteiger partial charge is 0.344 e. The molecule has 0 spiro atoms. The molecule has 0 unspecified atom stereocenters. The van der Waals surface area contributed by atoms with E-state index in [2.05, 4.69) is 4.74 Å². The normalized spacial score (nSPS) is 9.89. The first-order chi connectivity index (χ1) is 8.72. The summed E-state index contributed by atoms with van der Waals surface area (Å²) in [5.74, 6) is -0.782. The van der Waals surface area contributed by atoms with Crippen LogP contribution in [-0.4, -0.2) is 13.1 Å². The van der Waals surface area contributed by atoms with Gasteiger partial charge in [0, 0.05) is 0 Å². The maximum Gasteiger partial charge on any atom is 0.344 e. The average Bonchev–Trinajstić information content (AvgIpc) is 2.39. The van der Waals surface area contributed by atoms with Gasteiger partial charge < -0.3 is 9.47 Å². The predicted octanol–water partition coefficient (Wildman–Crippen LogP) is 3.40. The van der Waals surface area contributed by atoms with Gasteiger partial charge >= 0.3 is 5.97 Å². The SMILES string of the molecule is COC(=O)c1c(F)cccc1Oc1ccccc1. The minimum Gasteiger partial charge on any atom is -0.465 e. The number of hydrogen-bond acceptors (Lipinski definition) is 3. The second-order valence-corrected chi connectivity index (χ2v) is 3.52. The van der Waals surface area contributed by atoms with Crippen LogP contribution in [0.4, 0.5) is 4.39 Å². The van der Waals surface area contributed by atoms with E-state index in [9.17, 15) is 9.18 Å². The van der Waals surface area contributed by atoms with Crippen molar-refractivity contribution in [2.75, 3.05) is 7.11 Å². The predicted molar refractivity (Wildman–Crippen MR) is 64.3 cm³/mol. The standard InChI is InChI=1S/C14H11FO3/c1-17-14(16)13-11(15)8-5-9-12(13)18-10-6-3-2-4-7-10/h2-9H,1H3. The van der Waals surface area contributed by atoms with Crippen molar-refractivity contribution in [3.05, 3.63) is 59.9 Å². The van der Waals surface area contributed by atoms with Crippen LogP contribution in [0.5, 0.6) is 11.5 Å². The summed E-state index contributed by atoms with van der Waals surface area (Å²) in [6.45, 7) is 0. The Hall–Kier alpha value is -2.36. The molecule has 0 aliphatic carbocycles. The van der Waals surface area contributed by atoms with E-state index in [1.165, 1.54) is 25.3 Å². The van der Waals surface area contributed by atoms with Gasteiger partial charge in [0.1, 0.15) is 22.9 Å². The highest BCUT2D eigenvalue weighted by Crippen LogP contribution is 2.27. The molecule has 0 saturated heterocycles. The molecule has 0 bridgehead atoms. The lowest BCUT2D eigenvalue weighted by Crippen LogP contribution is -2.06. The van der Waals surface area contributed by atoms with Crippen molar-refractivity contribution in [3.63, 3.8) is 0 Å². The van der Waals surface area contributed by atoms with E-state index < -0.39 is 11.8 Å². The van der Waals surface area contributed by atoms with Crippen LogP contribution >= 0.6 is 0 Å². The maximum atomic E-state index is 13.6. The average molecular weight is 246 g/mol. The molecule has 0 aliphatic rings. The first-order valence-corrected chi connectivity index (χ1v) is 5.32. The van der Waals surface area contributed by atoms with Crippen molar-refractivity contribution in [2.24, 2.45) is 0 Å². The van der Waals surface area contributed by atoms with Crippen molar-refractivity contribution < 1.29 is 18.7 Å². The number of hydrogen-bond donors (Lipinski definition) is 0. The summed E-state index contributed by atoms with van der Waals surface area (Å²) in [5, 5.41) is 0. The number of benzene rings is 2. The van der Waals surface area contributed by atoms with E-state index in [1.54, 1.807) is 24.3 Å². The molecule has 2 aromatic rings. The summed E-state index contributed by atoms with van der Waals surface area (Å²) in [5.41, 5.74) is -0.205. The van der Waals surface area contributed by atoms with E-state index in [4.69, 9.17) is 4.74 Å². The van der Waals surface area contributed by atoms with Gasteiger partial charge in [-0.15, -0.1) is 0 Å². The van der Waals surface area contributed by atoms with Gasteiger partial charge in [0.05, 0.1) is 7.11 Å². The van der Waals surface area contributed by atoms with E-state index in [0.717, 1.165) is 0 Å². The van der Waals surface area contributed by atoms with Gasteiger partial charge in [0.2, 0.25) is 0 Å². The highest BCUT2D eigenvalue weighted by atomic mass is 19.1. The minimum atomic E-state index is -0.765. The second-order valence-electron chi connectivity index (χ2n) is 3.52. The Morgan fingerprint density at radius 2 is 1.78 bits per heavy atom. The van der Waals surface area contributed by atoms with E-state index in [1.807, 2.05) is 6.07 Å². The van der Waals surface area contributed by atoms with Crippen LogP contribution in [0.3, 0.4) is 0 Å².